The Hall–Kier alpha value is -3.22. The van der Waals surface area contributed by atoms with Gasteiger partial charge in [0.15, 0.2) is 0 Å². The number of Topliss-reactive ketones (excluding diaryl/α,β-unsaturated/α-hetero) is 1. The smallest absolute Gasteiger partial charge is 0.302 e. The molecule has 0 amide bonds. The van der Waals surface area contributed by atoms with Crippen molar-refractivity contribution in [3.05, 3.63) is 90.5 Å². The quantitative estimate of drug-likeness (QED) is 0.215. The minimum Gasteiger partial charge on any atom is -0.497 e. The van der Waals surface area contributed by atoms with E-state index in [1.807, 2.05) is 36.4 Å². The molecule has 1 unspecified atom stereocenters. The van der Waals surface area contributed by atoms with Gasteiger partial charge in [-0.2, -0.15) is 0 Å². The second-order valence-corrected chi connectivity index (χ2v) is 14.9. The predicted molar refractivity (Wildman–Crippen MR) is 155 cm³/mol. The van der Waals surface area contributed by atoms with E-state index < -0.39 is 14.4 Å². The third kappa shape index (κ3) is 7.65. The van der Waals surface area contributed by atoms with Gasteiger partial charge in [-0.3, -0.25) is 9.59 Å². The van der Waals surface area contributed by atoms with Crippen LogP contribution >= 0.6 is 0 Å². The fraction of sp³-hybridized carbons (Fsp3) is 0.375. The lowest BCUT2D eigenvalue weighted by Crippen LogP contribution is -2.66. The Bertz CT molecular complexity index is 1110. The molecule has 0 spiro atoms. The first kappa shape index (κ1) is 29.3. The van der Waals surface area contributed by atoms with E-state index in [1.165, 1.54) is 17.3 Å². The average Bonchev–Trinajstić information content (AvgIpc) is 2.90. The number of carbonyl (C=O) groups is 2. The summed E-state index contributed by atoms with van der Waals surface area (Å²) in [6.45, 7) is 8.46. The molecule has 0 aliphatic rings. The maximum Gasteiger partial charge on any atom is 0.302 e. The zero-order valence-corrected chi connectivity index (χ0v) is 24.2. The van der Waals surface area contributed by atoms with Crippen molar-refractivity contribution < 1.29 is 23.5 Å². The third-order valence-electron chi connectivity index (χ3n) is 6.81. The van der Waals surface area contributed by atoms with Crippen LogP contribution in [0.5, 0.6) is 5.75 Å². The van der Waals surface area contributed by atoms with E-state index in [0.29, 0.717) is 25.9 Å². The van der Waals surface area contributed by atoms with Crippen molar-refractivity contribution in [3.63, 3.8) is 0 Å². The molecule has 0 fully saturated rings. The van der Waals surface area contributed by atoms with Crippen molar-refractivity contribution in [1.82, 2.24) is 0 Å². The van der Waals surface area contributed by atoms with Gasteiger partial charge in [-0.1, -0.05) is 93.6 Å². The number of esters is 1. The molecule has 5 nitrogen and oxygen atoms in total. The lowest BCUT2D eigenvalue weighted by molar-refractivity contribution is -0.148. The summed E-state index contributed by atoms with van der Waals surface area (Å²) < 4.78 is 17.7. The molecule has 0 aromatic heterocycles. The number of ketones is 1. The summed E-state index contributed by atoms with van der Waals surface area (Å²) in [6.07, 6.45) is 1.14. The standard InChI is InChI=1S/C32H40O5Si/c1-25(33)37-29(24-27(34)19-16-26-17-20-28(35-5)21-18-26)22-23-36-38(32(2,3)4,30-12-8-6-9-13-30)31-14-10-7-11-15-31/h6-15,17-18,20-21,29H,16,19,22-24H2,1-5H3. The monoisotopic (exact) mass is 532 g/mol. The summed E-state index contributed by atoms with van der Waals surface area (Å²) in [5.41, 5.74) is 1.07. The van der Waals surface area contributed by atoms with Crippen molar-refractivity contribution in [2.75, 3.05) is 13.7 Å². The van der Waals surface area contributed by atoms with Crippen molar-refractivity contribution in [2.24, 2.45) is 0 Å². The molecule has 3 rings (SSSR count). The van der Waals surface area contributed by atoms with Crippen LogP contribution in [0.2, 0.25) is 5.04 Å². The van der Waals surface area contributed by atoms with Crippen LogP contribution in [0.1, 0.15) is 52.5 Å². The summed E-state index contributed by atoms with van der Waals surface area (Å²) in [5, 5.41) is 2.23. The Morgan fingerprint density at radius 3 is 1.87 bits per heavy atom. The second-order valence-electron chi connectivity index (χ2n) is 10.6. The Morgan fingerprint density at radius 2 is 1.39 bits per heavy atom. The summed E-state index contributed by atoms with van der Waals surface area (Å²) in [6, 6.07) is 28.6. The molecule has 1 atom stereocenters. The molecule has 0 aliphatic carbocycles. The summed E-state index contributed by atoms with van der Waals surface area (Å²) in [4.78, 5) is 24.7. The highest BCUT2D eigenvalue weighted by Crippen LogP contribution is 2.37. The SMILES string of the molecule is COc1ccc(CCC(=O)CC(CCO[Si](c2ccccc2)(c2ccccc2)C(C)(C)C)OC(C)=O)cc1. The number of carbonyl (C=O) groups excluding carboxylic acids is 2. The first-order valence-electron chi connectivity index (χ1n) is 13.2. The Balaban J connectivity index is 1.73. The molecule has 0 radical (unpaired) electrons. The van der Waals surface area contributed by atoms with Crippen molar-refractivity contribution in [3.8, 4) is 5.75 Å². The zero-order valence-electron chi connectivity index (χ0n) is 23.2. The molecule has 0 bridgehead atoms. The van der Waals surface area contributed by atoms with Gasteiger partial charge in [-0.25, -0.2) is 0 Å². The fourth-order valence-corrected chi connectivity index (χ4v) is 9.55. The average molecular weight is 533 g/mol. The van der Waals surface area contributed by atoms with Gasteiger partial charge in [0, 0.05) is 32.8 Å². The molecule has 38 heavy (non-hydrogen) atoms. The summed E-state index contributed by atoms with van der Waals surface area (Å²) in [7, 11) is -1.07. The van der Waals surface area contributed by atoms with Crippen molar-refractivity contribution in [2.45, 2.75) is 64.5 Å². The van der Waals surface area contributed by atoms with E-state index in [0.717, 1.165) is 11.3 Å². The number of methoxy groups -OCH3 is 1. The molecule has 0 heterocycles. The predicted octanol–water partition coefficient (Wildman–Crippen LogP) is 5.49. The van der Waals surface area contributed by atoms with Crippen molar-refractivity contribution >= 4 is 30.4 Å². The molecule has 0 N–H and O–H groups in total. The molecule has 3 aromatic rings. The van der Waals surface area contributed by atoms with Crippen LogP contribution in [0.25, 0.3) is 0 Å². The van der Waals surface area contributed by atoms with Gasteiger partial charge in [-0.15, -0.1) is 0 Å². The van der Waals surface area contributed by atoms with Gasteiger partial charge in [-0.05, 0) is 39.5 Å². The lowest BCUT2D eigenvalue weighted by atomic mass is 10.0. The van der Waals surface area contributed by atoms with E-state index in [2.05, 4.69) is 69.3 Å². The first-order chi connectivity index (χ1) is 18.2. The molecule has 0 saturated carbocycles. The van der Waals surface area contributed by atoms with Gasteiger partial charge in [0.25, 0.3) is 8.32 Å². The van der Waals surface area contributed by atoms with Crippen LogP contribution in [0.4, 0.5) is 0 Å². The van der Waals surface area contributed by atoms with E-state index in [1.54, 1.807) is 7.11 Å². The molecule has 0 aliphatic heterocycles. The van der Waals surface area contributed by atoms with Gasteiger partial charge < -0.3 is 13.9 Å². The second kappa shape index (κ2) is 13.5. The molecular weight excluding hydrogens is 492 g/mol. The van der Waals surface area contributed by atoms with Gasteiger partial charge >= 0.3 is 5.97 Å². The summed E-state index contributed by atoms with van der Waals surface area (Å²) in [5.74, 6) is 0.469. The van der Waals surface area contributed by atoms with E-state index >= 15 is 0 Å². The number of hydrogen-bond acceptors (Lipinski definition) is 5. The van der Waals surface area contributed by atoms with Crippen LogP contribution in [0.15, 0.2) is 84.9 Å². The van der Waals surface area contributed by atoms with Crippen LogP contribution in [-0.2, 0) is 25.2 Å². The highest BCUT2D eigenvalue weighted by molar-refractivity contribution is 6.99. The van der Waals surface area contributed by atoms with Crippen LogP contribution < -0.4 is 15.1 Å². The fourth-order valence-electron chi connectivity index (χ4n) is 4.97. The molecular formula is C32H40O5Si. The number of rotatable bonds is 13. The van der Waals surface area contributed by atoms with Gasteiger partial charge in [0.2, 0.25) is 0 Å². The van der Waals surface area contributed by atoms with Crippen LogP contribution in [0.3, 0.4) is 0 Å². The Morgan fingerprint density at radius 1 is 0.842 bits per heavy atom. The third-order valence-corrected chi connectivity index (χ3v) is 11.9. The topological polar surface area (TPSA) is 61.8 Å². The van der Waals surface area contributed by atoms with E-state index in [4.69, 9.17) is 13.9 Å². The van der Waals surface area contributed by atoms with Crippen LogP contribution in [0, 0.1) is 0 Å². The van der Waals surface area contributed by atoms with E-state index in [9.17, 15) is 9.59 Å². The maximum atomic E-state index is 12.8. The van der Waals surface area contributed by atoms with E-state index in [-0.39, 0.29) is 23.2 Å². The Kier molecular flexibility index (Phi) is 10.4. The molecule has 0 saturated heterocycles. The molecule has 202 valence electrons. The van der Waals surface area contributed by atoms with Gasteiger partial charge in [0.1, 0.15) is 17.6 Å². The minimum absolute atomic E-state index is 0.0671. The zero-order chi connectivity index (χ0) is 27.6. The lowest BCUT2D eigenvalue weighted by Gasteiger charge is -2.43. The number of benzene rings is 3. The largest absolute Gasteiger partial charge is 0.497 e. The van der Waals surface area contributed by atoms with Crippen molar-refractivity contribution in [1.29, 1.82) is 0 Å². The first-order valence-corrected chi connectivity index (χ1v) is 15.1. The maximum absolute atomic E-state index is 12.8. The molecule has 3 aromatic carbocycles. The minimum atomic E-state index is -2.70. The number of ether oxygens (including phenoxy) is 2. The number of aryl methyl sites for hydroxylation is 1. The van der Waals surface area contributed by atoms with Gasteiger partial charge in [0.05, 0.1) is 7.11 Å². The highest BCUT2D eigenvalue weighted by atomic mass is 28.4. The number of hydrogen-bond donors (Lipinski definition) is 0. The summed E-state index contributed by atoms with van der Waals surface area (Å²) >= 11 is 0. The Labute approximate surface area is 228 Å². The molecule has 6 heteroatoms. The highest BCUT2D eigenvalue weighted by Gasteiger charge is 2.50. The normalized spacial score (nSPS) is 12.6. The van der Waals surface area contributed by atoms with Crippen LogP contribution in [-0.4, -0.2) is 39.9 Å².